The molecule has 2 nitrogen and oxygen atoms in total. The highest BCUT2D eigenvalue weighted by Crippen LogP contribution is 2.29. The van der Waals surface area contributed by atoms with Gasteiger partial charge in [0.25, 0.3) is 0 Å². The molecule has 1 aromatic rings. The minimum atomic E-state index is -1.32. The molecule has 0 fully saturated rings. The Morgan fingerprint density at radius 2 is 1.89 bits per heavy atom. The molecule has 0 spiro atoms. The van der Waals surface area contributed by atoms with Crippen molar-refractivity contribution >= 4 is 5.69 Å². The molecular weight excluding hydrogens is 229 g/mol. The van der Waals surface area contributed by atoms with E-state index >= 15 is 0 Å². The van der Waals surface area contributed by atoms with E-state index in [4.69, 9.17) is 5.11 Å². The number of nitrogens with one attached hydrogen (secondary N) is 1. The molecule has 1 aromatic carbocycles. The van der Waals surface area contributed by atoms with Gasteiger partial charge in [-0.3, -0.25) is 0 Å². The van der Waals surface area contributed by atoms with Gasteiger partial charge in [0.1, 0.15) is 5.67 Å². The van der Waals surface area contributed by atoms with Gasteiger partial charge in [-0.15, -0.1) is 0 Å². The van der Waals surface area contributed by atoms with Gasteiger partial charge in [0.05, 0.1) is 0 Å². The van der Waals surface area contributed by atoms with Crippen LogP contribution in [0.4, 0.5) is 10.1 Å². The Balaban J connectivity index is 0.00000137. The van der Waals surface area contributed by atoms with Crippen LogP contribution in [0.1, 0.15) is 45.2 Å². The lowest BCUT2D eigenvalue weighted by molar-refractivity contribution is 0.221. The van der Waals surface area contributed by atoms with Crippen LogP contribution in [-0.4, -0.2) is 18.8 Å². The minimum absolute atomic E-state index is 0.180. The van der Waals surface area contributed by atoms with Crippen LogP contribution in [0.2, 0.25) is 0 Å². The summed E-state index contributed by atoms with van der Waals surface area (Å²) in [6, 6.07) is 5.58. The van der Waals surface area contributed by atoms with Gasteiger partial charge in [0, 0.05) is 19.3 Å². The molecule has 0 amide bonds. The third-order valence-corrected chi connectivity index (χ3v) is 2.67. The molecule has 0 saturated heterocycles. The molecule has 1 rings (SSSR count). The fraction of sp³-hybridized carbons (Fsp3) is 0.600. The molecule has 0 aromatic heterocycles. The number of halogens is 1. The molecule has 0 aliphatic heterocycles. The molecule has 0 aliphatic carbocycles. The van der Waals surface area contributed by atoms with Crippen molar-refractivity contribution in [1.82, 2.24) is 0 Å². The average Bonchev–Trinajstić information content (AvgIpc) is 2.37. The lowest BCUT2D eigenvalue weighted by atomic mass is 9.96. The van der Waals surface area contributed by atoms with E-state index in [1.807, 2.05) is 39.1 Å². The van der Waals surface area contributed by atoms with Gasteiger partial charge in [-0.2, -0.15) is 0 Å². The van der Waals surface area contributed by atoms with E-state index in [0.717, 1.165) is 24.1 Å². The fourth-order valence-corrected chi connectivity index (χ4v) is 1.67. The zero-order valence-electron chi connectivity index (χ0n) is 12.2. The Hall–Kier alpha value is -1.09. The van der Waals surface area contributed by atoms with Crippen LogP contribution >= 0.6 is 0 Å². The summed E-state index contributed by atoms with van der Waals surface area (Å²) in [5.41, 5.74) is 1.41. The van der Waals surface area contributed by atoms with Gasteiger partial charge in [-0.05, 0) is 43.9 Å². The number of benzene rings is 1. The van der Waals surface area contributed by atoms with Gasteiger partial charge < -0.3 is 10.4 Å². The van der Waals surface area contributed by atoms with Crippen LogP contribution < -0.4 is 5.32 Å². The summed E-state index contributed by atoms with van der Waals surface area (Å²) in [7, 11) is 1.83. The summed E-state index contributed by atoms with van der Waals surface area (Å²) in [4.78, 5) is 0. The fourth-order valence-electron chi connectivity index (χ4n) is 1.67. The van der Waals surface area contributed by atoms with Crippen molar-refractivity contribution < 1.29 is 9.50 Å². The van der Waals surface area contributed by atoms with Crippen molar-refractivity contribution in [1.29, 1.82) is 0 Å². The first kappa shape index (κ1) is 16.9. The van der Waals surface area contributed by atoms with E-state index in [2.05, 4.69) is 5.32 Å². The number of aryl methyl sites for hydroxylation is 1. The summed E-state index contributed by atoms with van der Waals surface area (Å²) in [5.74, 6) is 0. The molecule has 0 atom stereocenters. The lowest BCUT2D eigenvalue weighted by Crippen LogP contribution is -2.10. The first-order valence-corrected chi connectivity index (χ1v) is 6.60. The molecule has 0 unspecified atom stereocenters. The van der Waals surface area contributed by atoms with Gasteiger partial charge in [-0.25, -0.2) is 4.39 Å². The second kappa shape index (κ2) is 8.09. The van der Waals surface area contributed by atoms with Crippen LogP contribution in [0, 0.1) is 0 Å². The molecular formula is C15H26FNO. The maximum absolute atomic E-state index is 13.8. The van der Waals surface area contributed by atoms with E-state index in [-0.39, 0.29) is 6.61 Å². The predicted octanol–water partition coefficient (Wildman–Crippen LogP) is 3.88. The zero-order valence-corrected chi connectivity index (χ0v) is 12.2. The summed E-state index contributed by atoms with van der Waals surface area (Å²) in [6.45, 7) is 7.28. The van der Waals surface area contributed by atoms with E-state index in [1.54, 1.807) is 13.8 Å². The Kier molecular flexibility index (Phi) is 7.60. The largest absolute Gasteiger partial charge is 0.396 e. The monoisotopic (exact) mass is 255 g/mol. The molecule has 0 radical (unpaired) electrons. The van der Waals surface area contributed by atoms with Crippen molar-refractivity contribution in [2.45, 2.75) is 46.2 Å². The summed E-state index contributed by atoms with van der Waals surface area (Å²) < 4.78 is 13.8. The molecule has 0 heterocycles. The maximum Gasteiger partial charge on any atom is 0.130 e. The smallest absolute Gasteiger partial charge is 0.130 e. The molecule has 18 heavy (non-hydrogen) atoms. The van der Waals surface area contributed by atoms with Crippen molar-refractivity contribution in [3.8, 4) is 0 Å². The average molecular weight is 255 g/mol. The molecule has 3 heteroatoms. The summed E-state index contributed by atoms with van der Waals surface area (Å²) in [5, 5.41) is 11.9. The van der Waals surface area contributed by atoms with E-state index in [1.165, 1.54) is 0 Å². The Morgan fingerprint density at radius 1 is 1.28 bits per heavy atom. The van der Waals surface area contributed by atoms with Crippen molar-refractivity contribution in [3.63, 3.8) is 0 Å². The van der Waals surface area contributed by atoms with Crippen LogP contribution in [0.3, 0.4) is 0 Å². The van der Waals surface area contributed by atoms with Crippen LogP contribution in [0.25, 0.3) is 0 Å². The number of anilines is 1. The molecule has 2 N–H and O–H groups in total. The van der Waals surface area contributed by atoms with Crippen LogP contribution in [0.15, 0.2) is 18.2 Å². The van der Waals surface area contributed by atoms with Crippen LogP contribution in [0.5, 0.6) is 0 Å². The van der Waals surface area contributed by atoms with E-state index in [9.17, 15) is 4.39 Å². The second-order valence-electron chi connectivity index (χ2n) is 4.42. The highest BCUT2D eigenvalue weighted by molar-refractivity contribution is 5.53. The Labute approximate surface area is 110 Å². The highest BCUT2D eigenvalue weighted by atomic mass is 19.1. The molecule has 0 saturated carbocycles. The van der Waals surface area contributed by atoms with E-state index < -0.39 is 5.67 Å². The Bertz CT molecular complexity index is 345. The summed E-state index contributed by atoms with van der Waals surface area (Å²) in [6.07, 6.45) is 1.53. The normalized spacial score (nSPS) is 10.6. The lowest BCUT2D eigenvalue weighted by Gasteiger charge is -2.18. The maximum atomic E-state index is 13.8. The third kappa shape index (κ3) is 5.05. The van der Waals surface area contributed by atoms with Crippen molar-refractivity contribution in [3.05, 3.63) is 29.3 Å². The predicted molar refractivity (Wildman–Crippen MR) is 76.9 cm³/mol. The quantitative estimate of drug-likeness (QED) is 0.836. The number of aliphatic hydroxyl groups excluding tert-OH is 1. The summed E-state index contributed by atoms with van der Waals surface area (Å²) >= 11 is 0. The SMILES string of the molecule is CC.CNc1cc(C(C)(C)F)ccc1CCCO. The topological polar surface area (TPSA) is 32.3 Å². The number of hydrogen-bond donors (Lipinski definition) is 2. The van der Waals surface area contributed by atoms with Crippen molar-refractivity contribution in [2.24, 2.45) is 0 Å². The van der Waals surface area contributed by atoms with Gasteiger partial charge in [0.2, 0.25) is 0 Å². The highest BCUT2D eigenvalue weighted by Gasteiger charge is 2.19. The second-order valence-corrected chi connectivity index (χ2v) is 4.42. The molecule has 0 aliphatic rings. The minimum Gasteiger partial charge on any atom is -0.396 e. The van der Waals surface area contributed by atoms with Gasteiger partial charge in [-0.1, -0.05) is 26.0 Å². The Morgan fingerprint density at radius 3 is 2.33 bits per heavy atom. The first-order valence-electron chi connectivity index (χ1n) is 6.60. The third-order valence-electron chi connectivity index (χ3n) is 2.67. The van der Waals surface area contributed by atoms with E-state index in [0.29, 0.717) is 5.56 Å². The molecule has 0 bridgehead atoms. The number of aliphatic hydroxyl groups is 1. The standard InChI is InChI=1S/C13H20FNO.C2H6/c1-13(2,14)11-7-6-10(5-4-8-16)12(9-11)15-3;1-2/h6-7,9,15-16H,4-5,8H2,1-3H3;1-2H3. The van der Waals surface area contributed by atoms with Crippen molar-refractivity contribution in [2.75, 3.05) is 19.0 Å². The zero-order chi connectivity index (χ0) is 14.2. The van der Waals surface area contributed by atoms with Gasteiger partial charge >= 0.3 is 0 Å². The van der Waals surface area contributed by atoms with Crippen LogP contribution in [-0.2, 0) is 12.1 Å². The first-order chi connectivity index (χ1) is 8.49. The van der Waals surface area contributed by atoms with Gasteiger partial charge in [0.15, 0.2) is 0 Å². The molecule has 104 valence electrons. The number of rotatable bonds is 5. The number of alkyl halides is 1. The number of hydrogen-bond acceptors (Lipinski definition) is 2.